The van der Waals surface area contributed by atoms with Crippen LogP contribution in [-0.2, 0) is 6.42 Å². The van der Waals surface area contributed by atoms with E-state index in [1.165, 1.54) is 21.3 Å². The summed E-state index contributed by atoms with van der Waals surface area (Å²) >= 11 is 0. The molecule has 0 unspecified atom stereocenters. The third-order valence-corrected chi connectivity index (χ3v) is 5.98. The van der Waals surface area contributed by atoms with Gasteiger partial charge in [-0.25, -0.2) is 0 Å². The molecule has 0 radical (unpaired) electrons. The fourth-order valence-electron chi connectivity index (χ4n) is 4.23. The lowest BCUT2D eigenvalue weighted by Gasteiger charge is -2.32. The first kappa shape index (κ1) is 24.7. The summed E-state index contributed by atoms with van der Waals surface area (Å²) in [5.74, 6) is 2.49. The molecule has 8 heteroatoms. The average Bonchev–Trinajstić information content (AvgIpc) is 2.84. The Balaban J connectivity index is 1.93. The van der Waals surface area contributed by atoms with E-state index < -0.39 is 0 Å². The number of ether oxygens (including phenoxy) is 4. The van der Waals surface area contributed by atoms with Crippen molar-refractivity contribution >= 4 is 5.91 Å². The van der Waals surface area contributed by atoms with Gasteiger partial charge in [-0.15, -0.1) is 0 Å². The second kappa shape index (κ2) is 11.8. The molecule has 8 nitrogen and oxygen atoms in total. The molecule has 33 heavy (non-hydrogen) atoms. The molecule has 3 rings (SSSR count). The number of carbonyl (C=O) groups is 1. The molecule has 2 aromatic rings. The zero-order valence-corrected chi connectivity index (χ0v) is 20.0. The highest BCUT2D eigenvalue weighted by atomic mass is 16.5. The lowest BCUT2D eigenvalue weighted by Crippen LogP contribution is -2.40. The van der Waals surface area contributed by atoms with Crippen LogP contribution in [0.2, 0.25) is 0 Å². The van der Waals surface area contributed by atoms with Crippen molar-refractivity contribution in [1.82, 2.24) is 10.2 Å². The summed E-state index contributed by atoms with van der Waals surface area (Å²) in [4.78, 5) is 15.4. The summed E-state index contributed by atoms with van der Waals surface area (Å²) in [6.07, 6.45) is 2.71. The fraction of sp³-hybridized carbons (Fsp3) is 0.480. The zero-order chi connectivity index (χ0) is 23.8. The van der Waals surface area contributed by atoms with E-state index in [2.05, 4.69) is 5.32 Å². The Morgan fingerprint density at radius 1 is 1.03 bits per heavy atom. The number of nitrogens with one attached hydrogen (secondary N) is 1. The molecule has 0 aromatic heterocycles. The van der Waals surface area contributed by atoms with Gasteiger partial charge in [-0.2, -0.15) is 0 Å². The fourth-order valence-corrected chi connectivity index (χ4v) is 4.23. The SMILES string of the molecule is CNCC1CCN(C(=O)c2cc(Oc3ccc(CCN)cc3)c(OC)c(OC)c2OC)CC1. The van der Waals surface area contributed by atoms with Crippen LogP contribution in [-0.4, -0.2) is 65.4 Å². The zero-order valence-electron chi connectivity index (χ0n) is 20.0. The average molecular weight is 458 g/mol. The third kappa shape index (κ3) is 5.69. The van der Waals surface area contributed by atoms with Crippen molar-refractivity contribution in [3.05, 3.63) is 41.5 Å². The molecule has 1 aliphatic heterocycles. The number of rotatable bonds is 10. The first-order valence-corrected chi connectivity index (χ1v) is 11.3. The summed E-state index contributed by atoms with van der Waals surface area (Å²) in [7, 11) is 6.52. The van der Waals surface area contributed by atoms with Gasteiger partial charge in [0.2, 0.25) is 11.5 Å². The van der Waals surface area contributed by atoms with Crippen LogP contribution >= 0.6 is 0 Å². The van der Waals surface area contributed by atoms with E-state index in [1.807, 2.05) is 36.2 Å². The van der Waals surface area contributed by atoms with E-state index in [0.717, 1.165) is 31.4 Å². The van der Waals surface area contributed by atoms with E-state index in [0.29, 0.717) is 59.9 Å². The Morgan fingerprint density at radius 2 is 1.67 bits per heavy atom. The molecule has 0 aliphatic carbocycles. The van der Waals surface area contributed by atoms with Gasteiger partial charge >= 0.3 is 0 Å². The summed E-state index contributed by atoms with van der Waals surface area (Å²) in [5, 5.41) is 3.22. The molecular formula is C25H35N3O5. The highest BCUT2D eigenvalue weighted by Gasteiger charge is 2.30. The molecule has 0 spiro atoms. The molecule has 0 bridgehead atoms. The van der Waals surface area contributed by atoms with Gasteiger partial charge in [0.1, 0.15) is 5.75 Å². The number of nitrogens with zero attached hydrogens (tertiary/aromatic N) is 1. The van der Waals surface area contributed by atoms with E-state index in [1.54, 1.807) is 6.07 Å². The molecular weight excluding hydrogens is 422 g/mol. The van der Waals surface area contributed by atoms with Crippen molar-refractivity contribution in [1.29, 1.82) is 0 Å². The Bertz CT molecular complexity index is 925. The number of methoxy groups -OCH3 is 3. The van der Waals surface area contributed by atoms with Crippen LogP contribution in [0.1, 0.15) is 28.8 Å². The van der Waals surface area contributed by atoms with E-state index in [9.17, 15) is 4.79 Å². The van der Waals surface area contributed by atoms with Gasteiger partial charge in [-0.3, -0.25) is 4.79 Å². The van der Waals surface area contributed by atoms with Gasteiger partial charge in [0, 0.05) is 19.2 Å². The van der Waals surface area contributed by atoms with Crippen molar-refractivity contribution in [2.75, 3.05) is 54.6 Å². The number of benzene rings is 2. The third-order valence-electron chi connectivity index (χ3n) is 5.98. The second-order valence-electron chi connectivity index (χ2n) is 8.10. The molecule has 1 saturated heterocycles. The van der Waals surface area contributed by atoms with Gasteiger partial charge in [-0.1, -0.05) is 12.1 Å². The van der Waals surface area contributed by atoms with Gasteiger partial charge in [-0.05, 0) is 63.0 Å². The number of carbonyl (C=O) groups excluding carboxylic acids is 1. The predicted octanol–water partition coefficient (Wildman–Crippen LogP) is 3.08. The van der Waals surface area contributed by atoms with Crippen LogP contribution in [0.15, 0.2) is 30.3 Å². The van der Waals surface area contributed by atoms with Crippen LogP contribution < -0.4 is 30.0 Å². The number of amides is 1. The first-order valence-electron chi connectivity index (χ1n) is 11.3. The molecule has 1 heterocycles. The van der Waals surface area contributed by atoms with Crippen LogP contribution in [0.5, 0.6) is 28.7 Å². The summed E-state index contributed by atoms with van der Waals surface area (Å²) in [5.41, 5.74) is 7.15. The van der Waals surface area contributed by atoms with E-state index in [4.69, 9.17) is 24.7 Å². The highest BCUT2D eigenvalue weighted by molar-refractivity contribution is 5.99. The Labute approximate surface area is 195 Å². The van der Waals surface area contributed by atoms with Crippen molar-refractivity contribution in [2.24, 2.45) is 11.7 Å². The Kier molecular flexibility index (Phi) is 8.79. The predicted molar refractivity (Wildman–Crippen MR) is 128 cm³/mol. The van der Waals surface area contributed by atoms with Crippen LogP contribution in [0.4, 0.5) is 0 Å². The number of likely N-dealkylation sites (tertiary alicyclic amines) is 1. The van der Waals surface area contributed by atoms with Crippen LogP contribution in [0.25, 0.3) is 0 Å². The molecule has 0 saturated carbocycles. The van der Waals surface area contributed by atoms with Crippen molar-refractivity contribution in [3.63, 3.8) is 0 Å². The molecule has 180 valence electrons. The standard InChI is InChI=1S/C25H35N3O5/c1-27-16-18-10-13-28(14-11-18)25(29)20-15-21(23(31-3)24(32-4)22(20)30-2)33-19-7-5-17(6-8-19)9-12-26/h5-8,15,18,27H,9-14,16,26H2,1-4H3. The molecule has 1 amide bonds. The normalized spacial score (nSPS) is 14.2. The monoisotopic (exact) mass is 457 g/mol. The van der Waals surface area contributed by atoms with Gasteiger partial charge in [0.05, 0.1) is 26.9 Å². The van der Waals surface area contributed by atoms with Crippen molar-refractivity contribution in [2.45, 2.75) is 19.3 Å². The summed E-state index contributed by atoms with van der Waals surface area (Å²) in [6.45, 7) is 2.94. The minimum atomic E-state index is -0.112. The second-order valence-corrected chi connectivity index (χ2v) is 8.10. The Hall–Kier alpha value is -2.97. The minimum Gasteiger partial charge on any atom is -0.492 e. The number of hydrogen-bond donors (Lipinski definition) is 2. The van der Waals surface area contributed by atoms with Gasteiger partial charge < -0.3 is 34.9 Å². The topological polar surface area (TPSA) is 95.3 Å². The first-order chi connectivity index (χ1) is 16.1. The maximum atomic E-state index is 13.5. The van der Waals surface area contributed by atoms with Crippen LogP contribution in [0, 0.1) is 5.92 Å². The molecule has 0 atom stereocenters. The number of hydrogen-bond acceptors (Lipinski definition) is 7. The lowest BCUT2D eigenvalue weighted by molar-refractivity contribution is 0.0686. The van der Waals surface area contributed by atoms with Gasteiger partial charge in [0.25, 0.3) is 5.91 Å². The largest absolute Gasteiger partial charge is 0.492 e. The van der Waals surface area contributed by atoms with Crippen LogP contribution in [0.3, 0.4) is 0 Å². The summed E-state index contributed by atoms with van der Waals surface area (Å²) < 4.78 is 22.9. The number of piperidine rings is 1. The highest BCUT2D eigenvalue weighted by Crippen LogP contribution is 2.48. The maximum Gasteiger partial charge on any atom is 0.257 e. The lowest BCUT2D eigenvalue weighted by atomic mass is 9.96. The minimum absolute atomic E-state index is 0.112. The van der Waals surface area contributed by atoms with Crippen molar-refractivity contribution in [3.8, 4) is 28.7 Å². The maximum absolute atomic E-state index is 13.5. The molecule has 1 fully saturated rings. The summed E-state index contributed by atoms with van der Waals surface area (Å²) in [6, 6.07) is 9.36. The smallest absolute Gasteiger partial charge is 0.257 e. The quantitative estimate of drug-likeness (QED) is 0.566. The van der Waals surface area contributed by atoms with Crippen molar-refractivity contribution < 1.29 is 23.7 Å². The van der Waals surface area contributed by atoms with Gasteiger partial charge in [0.15, 0.2) is 11.5 Å². The van der Waals surface area contributed by atoms with E-state index in [-0.39, 0.29) is 5.91 Å². The molecule has 2 aromatic carbocycles. The number of nitrogens with two attached hydrogens (primary N) is 1. The Morgan fingerprint density at radius 3 is 2.21 bits per heavy atom. The molecule has 1 aliphatic rings. The molecule has 3 N–H and O–H groups in total. The van der Waals surface area contributed by atoms with E-state index >= 15 is 0 Å².